The van der Waals surface area contributed by atoms with E-state index < -0.39 is 23.9 Å². The maximum absolute atomic E-state index is 13.1. The lowest BCUT2D eigenvalue weighted by atomic mass is 10.1. The van der Waals surface area contributed by atoms with Gasteiger partial charge in [0.05, 0.1) is 12.7 Å². The van der Waals surface area contributed by atoms with E-state index in [9.17, 15) is 19.2 Å². The predicted molar refractivity (Wildman–Crippen MR) is 158 cm³/mol. The van der Waals surface area contributed by atoms with Gasteiger partial charge >= 0.3 is 23.9 Å². The number of ether oxygens (including phenoxy) is 5. The molecule has 0 unspecified atom stereocenters. The minimum atomic E-state index is -0.738. The van der Waals surface area contributed by atoms with Crippen molar-refractivity contribution in [3.63, 3.8) is 0 Å². The Morgan fingerprint density at radius 2 is 1.07 bits per heavy atom. The highest BCUT2D eigenvalue weighted by atomic mass is 16.6. The molecule has 0 aliphatic carbocycles. The first-order chi connectivity index (χ1) is 20.3. The van der Waals surface area contributed by atoms with Gasteiger partial charge in [0.1, 0.15) is 12.4 Å². The Labute approximate surface area is 248 Å². The third-order valence-corrected chi connectivity index (χ3v) is 6.40. The molecule has 42 heavy (non-hydrogen) atoms. The number of methoxy groups -OCH3 is 1. The van der Waals surface area contributed by atoms with Gasteiger partial charge in [0.25, 0.3) is 0 Å². The molecular formula is C33H44O9. The quantitative estimate of drug-likeness (QED) is 0.0940. The molecule has 0 heterocycles. The zero-order valence-corrected chi connectivity index (χ0v) is 25.3. The van der Waals surface area contributed by atoms with E-state index in [4.69, 9.17) is 23.7 Å². The third-order valence-electron chi connectivity index (χ3n) is 6.40. The summed E-state index contributed by atoms with van der Waals surface area (Å²) in [6.45, 7) is 6.02. The maximum Gasteiger partial charge on any atom is 0.338 e. The van der Waals surface area contributed by atoms with E-state index in [0.717, 1.165) is 44.1 Å². The molecule has 0 aliphatic heterocycles. The lowest BCUT2D eigenvalue weighted by Gasteiger charge is -2.16. The highest BCUT2D eigenvalue weighted by Crippen LogP contribution is 2.40. The summed E-state index contributed by atoms with van der Waals surface area (Å²) in [4.78, 5) is 51.2. The first kappa shape index (κ1) is 34.3. The number of unbranched alkanes of at least 4 members (excludes halogenated alkanes) is 6. The molecule has 0 aromatic heterocycles. The van der Waals surface area contributed by atoms with Crippen LogP contribution in [0.5, 0.6) is 23.0 Å². The second-order valence-electron chi connectivity index (χ2n) is 10.0. The van der Waals surface area contributed by atoms with Crippen LogP contribution in [0.15, 0.2) is 36.4 Å². The van der Waals surface area contributed by atoms with Crippen molar-refractivity contribution < 1.29 is 42.9 Å². The molecule has 230 valence electrons. The first-order valence-corrected chi connectivity index (χ1v) is 14.9. The number of rotatable bonds is 19. The van der Waals surface area contributed by atoms with Gasteiger partial charge in [0.2, 0.25) is 5.75 Å². The lowest BCUT2D eigenvalue weighted by Crippen LogP contribution is -2.16. The monoisotopic (exact) mass is 584 g/mol. The van der Waals surface area contributed by atoms with Crippen molar-refractivity contribution >= 4 is 23.9 Å². The van der Waals surface area contributed by atoms with Gasteiger partial charge < -0.3 is 23.7 Å². The minimum Gasteiger partial charge on any atom is -0.497 e. The molecule has 0 N–H and O–H groups in total. The average molecular weight is 585 g/mol. The molecule has 0 amide bonds. The van der Waals surface area contributed by atoms with Gasteiger partial charge in [-0.05, 0) is 49.1 Å². The van der Waals surface area contributed by atoms with Crippen molar-refractivity contribution in [2.75, 3.05) is 7.11 Å². The Bertz CT molecular complexity index is 1110. The molecule has 9 heteroatoms. The summed E-state index contributed by atoms with van der Waals surface area (Å²) in [5.74, 6) is -2.34. The van der Waals surface area contributed by atoms with Crippen molar-refractivity contribution in [3.8, 4) is 23.0 Å². The molecule has 0 saturated heterocycles. The Hall–Kier alpha value is -3.88. The highest BCUT2D eigenvalue weighted by Gasteiger charge is 2.25. The van der Waals surface area contributed by atoms with Gasteiger partial charge in [0.15, 0.2) is 11.5 Å². The normalized spacial score (nSPS) is 10.6. The second kappa shape index (κ2) is 19.3. The van der Waals surface area contributed by atoms with Crippen LogP contribution in [-0.2, 0) is 25.7 Å². The molecule has 0 aliphatic rings. The van der Waals surface area contributed by atoms with Crippen molar-refractivity contribution in [3.05, 3.63) is 47.5 Å². The largest absolute Gasteiger partial charge is 0.497 e. The predicted octanol–water partition coefficient (Wildman–Crippen LogP) is 7.51. The standard InChI is InChI=1S/C33H44O9/c1-5-8-11-14-29(34)40-27-21-25(33(37)39-23-24-17-19-26(38-4)20-18-24)22-28(41-30(35)15-12-9-6-2)32(27)42-31(36)16-13-10-7-3/h17-22H,5-16,23H2,1-4H3. The zero-order valence-electron chi connectivity index (χ0n) is 25.3. The summed E-state index contributed by atoms with van der Waals surface area (Å²) < 4.78 is 27.4. The smallest absolute Gasteiger partial charge is 0.338 e. The van der Waals surface area contributed by atoms with Gasteiger partial charge in [-0.3, -0.25) is 14.4 Å². The molecule has 2 rings (SSSR count). The van der Waals surface area contributed by atoms with Crippen molar-refractivity contribution in [2.24, 2.45) is 0 Å². The van der Waals surface area contributed by atoms with E-state index in [2.05, 4.69) is 0 Å². The highest BCUT2D eigenvalue weighted by molar-refractivity contribution is 5.92. The summed E-state index contributed by atoms with van der Waals surface area (Å²) in [6, 6.07) is 9.58. The maximum atomic E-state index is 13.1. The van der Waals surface area contributed by atoms with E-state index in [1.807, 2.05) is 20.8 Å². The van der Waals surface area contributed by atoms with Crippen LogP contribution in [0.2, 0.25) is 0 Å². The van der Waals surface area contributed by atoms with Crippen LogP contribution in [0.1, 0.15) is 114 Å². The summed E-state index contributed by atoms with van der Waals surface area (Å²) in [5, 5.41) is 0. The Balaban J connectivity index is 2.41. The molecule has 2 aromatic carbocycles. The van der Waals surface area contributed by atoms with Crippen LogP contribution in [0.3, 0.4) is 0 Å². The Morgan fingerprint density at radius 3 is 1.50 bits per heavy atom. The molecule has 0 fully saturated rings. The Kier molecular flexibility index (Phi) is 15.8. The van der Waals surface area contributed by atoms with Gasteiger partial charge in [-0.2, -0.15) is 0 Å². The van der Waals surface area contributed by atoms with Crippen LogP contribution >= 0.6 is 0 Å². The molecule has 0 bridgehead atoms. The fourth-order valence-corrected chi connectivity index (χ4v) is 3.97. The van der Waals surface area contributed by atoms with Crippen LogP contribution in [-0.4, -0.2) is 31.0 Å². The first-order valence-electron chi connectivity index (χ1n) is 14.9. The molecule has 9 nitrogen and oxygen atoms in total. The number of hydrogen-bond acceptors (Lipinski definition) is 9. The number of carbonyl (C=O) groups is 4. The number of carbonyl (C=O) groups excluding carboxylic acids is 4. The van der Waals surface area contributed by atoms with Gasteiger partial charge in [-0.25, -0.2) is 4.79 Å². The van der Waals surface area contributed by atoms with E-state index in [-0.39, 0.29) is 48.7 Å². The number of hydrogen-bond donors (Lipinski definition) is 0. The van der Waals surface area contributed by atoms with Crippen LogP contribution < -0.4 is 18.9 Å². The summed E-state index contributed by atoms with van der Waals surface area (Å²) in [7, 11) is 1.56. The molecule has 0 saturated carbocycles. The Morgan fingerprint density at radius 1 is 0.619 bits per heavy atom. The lowest BCUT2D eigenvalue weighted by molar-refractivity contribution is -0.138. The molecular weight excluding hydrogens is 540 g/mol. The van der Waals surface area contributed by atoms with Crippen LogP contribution in [0.25, 0.3) is 0 Å². The topological polar surface area (TPSA) is 114 Å². The molecule has 0 spiro atoms. The number of benzene rings is 2. The van der Waals surface area contributed by atoms with Crippen molar-refractivity contribution in [1.82, 2.24) is 0 Å². The fraction of sp³-hybridized carbons (Fsp3) is 0.515. The summed E-state index contributed by atoms with van der Waals surface area (Å²) in [5.41, 5.74) is 0.703. The van der Waals surface area contributed by atoms with Gasteiger partial charge in [-0.1, -0.05) is 71.4 Å². The summed E-state index contributed by atoms with van der Waals surface area (Å²) in [6.07, 6.45) is 7.52. The SMILES string of the molecule is CCCCCC(=O)Oc1cc(C(=O)OCc2ccc(OC)cc2)cc(OC(=O)CCCCC)c1OC(=O)CCCCC. The fourth-order valence-electron chi connectivity index (χ4n) is 3.97. The number of esters is 4. The average Bonchev–Trinajstić information content (AvgIpc) is 2.98. The van der Waals surface area contributed by atoms with E-state index in [1.54, 1.807) is 31.4 Å². The van der Waals surface area contributed by atoms with Crippen LogP contribution in [0.4, 0.5) is 0 Å². The second-order valence-corrected chi connectivity index (χ2v) is 10.0. The zero-order chi connectivity index (χ0) is 30.7. The third kappa shape index (κ3) is 12.3. The molecule has 0 atom stereocenters. The van der Waals surface area contributed by atoms with Crippen molar-refractivity contribution in [2.45, 2.75) is 104 Å². The molecule has 0 radical (unpaired) electrons. The van der Waals surface area contributed by atoms with E-state index in [0.29, 0.717) is 25.0 Å². The van der Waals surface area contributed by atoms with Crippen molar-refractivity contribution in [1.29, 1.82) is 0 Å². The van der Waals surface area contributed by atoms with E-state index >= 15 is 0 Å². The minimum absolute atomic E-state index is 0.0259. The van der Waals surface area contributed by atoms with Gasteiger partial charge in [0, 0.05) is 19.3 Å². The van der Waals surface area contributed by atoms with Gasteiger partial charge in [-0.15, -0.1) is 0 Å². The van der Waals surface area contributed by atoms with E-state index in [1.165, 1.54) is 12.1 Å². The summed E-state index contributed by atoms with van der Waals surface area (Å²) >= 11 is 0. The van der Waals surface area contributed by atoms with Crippen LogP contribution in [0, 0.1) is 0 Å². The molecule has 2 aromatic rings.